The summed E-state index contributed by atoms with van der Waals surface area (Å²) in [7, 11) is -4.14. The molecule has 0 radical (unpaired) electrons. The number of amides is 2. The topological polar surface area (TPSA) is 86.8 Å². The Labute approximate surface area is 247 Å². The van der Waals surface area contributed by atoms with Gasteiger partial charge in [-0.2, -0.15) is 0 Å². The number of carbonyl (C=O) groups is 2. The zero-order valence-corrected chi connectivity index (χ0v) is 25.9. The second kappa shape index (κ2) is 12.6. The number of hydrogen-bond donors (Lipinski definition) is 1. The number of anilines is 1. The van der Waals surface area contributed by atoms with Gasteiger partial charge in [0.05, 0.1) is 10.6 Å². The Morgan fingerprint density at radius 3 is 1.88 bits per heavy atom. The predicted octanol–water partition coefficient (Wildman–Crippen LogP) is 6.14. The van der Waals surface area contributed by atoms with E-state index in [1.165, 1.54) is 17.0 Å². The number of benzene rings is 3. The number of carbonyl (C=O) groups excluding carboxylic acids is 2. The van der Waals surface area contributed by atoms with E-state index in [0.29, 0.717) is 21.3 Å². The third-order valence-electron chi connectivity index (χ3n) is 6.27. The van der Waals surface area contributed by atoms with Crippen LogP contribution in [0.2, 0.25) is 10.0 Å². The van der Waals surface area contributed by atoms with Crippen LogP contribution < -0.4 is 9.62 Å². The third kappa shape index (κ3) is 7.77. The summed E-state index contributed by atoms with van der Waals surface area (Å²) in [6.07, 6.45) is 0. The highest BCUT2D eigenvalue weighted by Crippen LogP contribution is 2.28. The van der Waals surface area contributed by atoms with Gasteiger partial charge in [0.25, 0.3) is 10.0 Å². The Morgan fingerprint density at radius 2 is 1.38 bits per heavy atom. The Kier molecular flexibility index (Phi) is 9.93. The quantitative estimate of drug-likeness (QED) is 0.318. The largest absolute Gasteiger partial charge is 0.350 e. The number of nitrogens with one attached hydrogen (secondary N) is 1. The summed E-state index contributed by atoms with van der Waals surface area (Å²) < 4.78 is 28.8. The monoisotopic (exact) mass is 603 g/mol. The lowest BCUT2D eigenvalue weighted by molar-refractivity contribution is -0.140. The lowest BCUT2D eigenvalue weighted by Crippen LogP contribution is -2.54. The van der Waals surface area contributed by atoms with Gasteiger partial charge in [0.2, 0.25) is 11.8 Å². The first-order valence-corrected chi connectivity index (χ1v) is 15.0. The lowest BCUT2D eigenvalue weighted by Gasteiger charge is -2.34. The van der Waals surface area contributed by atoms with Crippen LogP contribution in [0, 0.1) is 13.8 Å². The molecule has 0 aliphatic heterocycles. The SMILES string of the molecule is Cc1ccc(N(CC(=O)N(Cc2c(Cl)cccc2Cl)[C@H](C)C(=O)NC(C)(C)C)S(=O)(=O)c2ccc(C)cc2)cc1. The van der Waals surface area contributed by atoms with Crippen molar-refractivity contribution in [3.8, 4) is 0 Å². The number of sulfonamides is 1. The molecule has 0 bridgehead atoms. The fourth-order valence-corrected chi connectivity index (χ4v) is 5.92. The van der Waals surface area contributed by atoms with Crippen molar-refractivity contribution in [2.24, 2.45) is 0 Å². The van der Waals surface area contributed by atoms with Crippen LogP contribution in [-0.2, 0) is 26.2 Å². The zero-order chi connectivity index (χ0) is 29.8. The molecule has 1 atom stereocenters. The van der Waals surface area contributed by atoms with Gasteiger partial charge in [-0.1, -0.05) is 64.7 Å². The number of halogens is 2. The second-order valence-electron chi connectivity index (χ2n) is 10.8. The van der Waals surface area contributed by atoms with E-state index in [9.17, 15) is 18.0 Å². The minimum absolute atomic E-state index is 0.0469. The summed E-state index contributed by atoms with van der Waals surface area (Å²) in [5.74, 6) is -0.990. The summed E-state index contributed by atoms with van der Waals surface area (Å²) in [5, 5.41) is 3.55. The Hall–Kier alpha value is -3.07. The van der Waals surface area contributed by atoms with E-state index in [1.807, 2.05) is 34.6 Å². The second-order valence-corrected chi connectivity index (χ2v) is 13.5. The summed E-state index contributed by atoms with van der Waals surface area (Å²) in [6, 6.07) is 17.3. The van der Waals surface area contributed by atoms with Crippen LogP contribution in [0.4, 0.5) is 5.69 Å². The zero-order valence-electron chi connectivity index (χ0n) is 23.5. The number of hydrogen-bond acceptors (Lipinski definition) is 4. The van der Waals surface area contributed by atoms with Crippen LogP contribution in [0.15, 0.2) is 71.6 Å². The molecule has 214 valence electrons. The maximum Gasteiger partial charge on any atom is 0.264 e. The molecule has 0 aromatic heterocycles. The Morgan fingerprint density at radius 1 is 0.875 bits per heavy atom. The van der Waals surface area contributed by atoms with Crippen molar-refractivity contribution in [3.63, 3.8) is 0 Å². The molecule has 0 heterocycles. The van der Waals surface area contributed by atoms with Crippen LogP contribution in [0.3, 0.4) is 0 Å². The van der Waals surface area contributed by atoms with Gasteiger partial charge < -0.3 is 10.2 Å². The van der Waals surface area contributed by atoms with E-state index in [4.69, 9.17) is 23.2 Å². The summed E-state index contributed by atoms with van der Waals surface area (Å²) in [6.45, 7) is 10.2. The Bertz CT molecular complexity index is 1450. The summed E-state index contributed by atoms with van der Waals surface area (Å²) in [4.78, 5) is 28.6. The Balaban J connectivity index is 2.07. The van der Waals surface area contributed by atoms with Gasteiger partial charge in [-0.05, 0) is 77.9 Å². The smallest absolute Gasteiger partial charge is 0.264 e. The van der Waals surface area contributed by atoms with Gasteiger partial charge in [0.1, 0.15) is 12.6 Å². The molecule has 40 heavy (non-hydrogen) atoms. The molecule has 3 rings (SSSR count). The van der Waals surface area contributed by atoms with Gasteiger partial charge in [0, 0.05) is 27.7 Å². The number of nitrogens with zero attached hydrogens (tertiary/aromatic N) is 2. The minimum Gasteiger partial charge on any atom is -0.350 e. The summed E-state index contributed by atoms with van der Waals surface area (Å²) >= 11 is 12.8. The van der Waals surface area contributed by atoms with Crippen molar-refractivity contribution in [2.75, 3.05) is 10.8 Å². The van der Waals surface area contributed by atoms with Gasteiger partial charge in [-0.3, -0.25) is 13.9 Å². The van der Waals surface area contributed by atoms with Crippen molar-refractivity contribution >= 4 is 50.7 Å². The highest BCUT2D eigenvalue weighted by Gasteiger charge is 2.34. The molecule has 7 nitrogen and oxygen atoms in total. The van der Waals surface area contributed by atoms with Crippen LogP contribution in [-0.4, -0.2) is 43.3 Å². The first-order chi connectivity index (χ1) is 18.6. The first kappa shape index (κ1) is 31.5. The van der Waals surface area contributed by atoms with Crippen molar-refractivity contribution in [3.05, 3.63) is 93.5 Å². The molecule has 10 heteroatoms. The predicted molar refractivity (Wildman–Crippen MR) is 161 cm³/mol. The number of rotatable bonds is 9. The van der Waals surface area contributed by atoms with Crippen molar-refractivity contribution < 1.29 is 18.0 Å². The maximum absolute atomic E-state index is 14.0. The molecule has 0 unspecified atom stereocenters. The van der Waals surface area contributed by atoms with E-state index in [-0.39, 0.29) is 11.4 Å². The fraction of sp³-hybridized carbons (Fsp3) is 0.333. The van der Waals surface area contributed by atoms with Crippen LogP contribution in [0.5, 0.6) is 0 Å². The summed E-state index contributed by atoms with van der Waals surface area (Å²) in [5.41, 5.74) is 2.06. The molecule has 3 aromatic rings. The van der Waals surface area contributed by atoms with Gasteiger partial charge in [0.15, 0.2) is 0 Å². The van der Waals surface area contributed by atoms with E-state index in [0.717, 1.165) is 15.4 Å². The molecule has 0 aliphatic carbocycles. The van der Waals surface area contributed by atoms with Crippen LogP contribution >= 0.6 is 23.2 Å². The van der Waals surface area contributed by atoms with E-state index < -0.39 is 40.0 Å². The van der Waals surface area contributed by atoms with Crippen LogP contribution in [0.1, 0.15) is 44.4 Å². The number of aryl methyl sites for hydroxylation is 2. The third-order valence-corrected chi connectivity index (χ3v) is 8.76. The van der Waals surface area contributed by atoms with Crippen molar-refractivity contribution in [1.29, 1.82) is 0 Å². The average Bonchev–Trinajstić information content (AvgIpc) is 2.86. The molecular formula is C30H35Cl2N3O4S. The highest BCUT2D eigenvalue weighted by molar-refractivity contribution is 7.92. The van der Waals surface area contributed by atoms with Crippen molar-refractivity contribution in [2.45, 2.75) is 64.6 Å². The van der Waals surface area contributed by atoms with Crippen LogP contribution in [0.25, 0.3) is 0 Å². The fourth-order valence-electron chi connectivity index (χ4n) is 3.99. The van der Waals surface area contributed by atoms with Crippen molar-refractivity contribution in [1.82, 2.24) is 10.2 Å². The molecule has 0 saturated carbocycles. The maximum atomic E-state index is 14.0. The normalized spacial score (nSPS) is 12.5. The molecule has 1 N–H and O–H groups in total. The van der Waals surface area contributed by atoms with E-state index in [2.05, 4.69) is 5.32 Å². The van der Waals surface area contributed by atoms with Gasteiger partial charge in [-0.25, -0.2) is 8.42 Å². The van der Waals surface area contributed by atoms with Gasteiger partial charge in [-0.15, -0.1) is 0 Å². The molecule has 3 aromatic carbocycles. The molecule has 2 amide bonds. The van der Waals surface area contributed by atoms with E-state index in [1.54, 1.807) is 61.5 Å². The minimum atomic E-state index is -4.14. The van der Waals surface area contributed by atoms with E-state index >= 15 is 0 Å². The highest BCUT2D eigenvalue weighted by atomic mass is 35.5. The molecule has 0 fully saturated rings. The molecular weight excluding hydrogens is 569 g/mol. The first-order valence-electron chi connectivity index (χ1n) is 12.8. The average molecular weight is 605 g/mol. The standard InChI is InChI=1S/C30H35Cl2N3O4S/c1-20-10-14-23(15-11-20)35(40(38,39)24-16-12-21(2)13-17-24)19-28(36)34(22(3)29(37)33-30(4,5)6)18-25-26(31)8-7-9-27(25)32/h7-17,22H,18-19H2,1-6H3,(H,33,37)/t22-/m1/s1. The molecule has 0 spiro atoms. The lowest BCUT2D eigenvalue weighted by atomic mass is 10.1. The molecule has 0 aliphatic rings. The molecule has 0 saturated heterocycles. The van der Waals surface area contributed by atoms with Gasteiger partial charge >= 0.3 is 0 Å².